The summed E-state index contributed by atoms with van der Waals surface area (Å²) in [4.78, 5) is 10.2. The van der Waals surface area contributed by atoms with Gasteiger partial charge in [0.2, 0.25) is 12.3 Å². The molecule has 5 heteroatoms. The molecule has 0 spiro atoms. The van der Waals surface area contributed by atoms with Crippen molar-refractivity contribution < 1.29 is 9.53 Å². The van der Waals surface area contributed by atoms with Gasteiger partial charge in [-0.15, -0.1) is 5.10 Å². The highest BCUT2D eigenvalue weighted by atomic mass is 16.5. The second kappa shape index (κ2) is 4.22. The fraction of sp³-hybridized carbons (Fsp3) is 0.273. The van der Waals surface area contributed by atoms with Crippen LogP contribution in [0.4, 0.5) is 0 Å². The number of nitrogens with zero attached hydrogens (tertiary/aromatic N) is 2. The molecule has 0 aliphatic rings. The molecule has 0 saturated carbocycles. The second-order valence-corrected chi connectivity index (χ2v) is 3.48. The van der Waals surface area contributed by atoms with Gasteiger partial charge in [0.25, 0.3) is 0 Å². The molecule has 1 heterocycles. The molecule has 0 fully saturated rings. The van der Waals surface area contributed by atoms with Crippen molar-refractivity contribution in [1.82, 2.24) is 15.1 Å². The Labute approximate surface area is 93.0 Å². The van der Waals surface area contributed by atoms with E-state index in [1.165, 1.54) is 0 Å². The third kappa shape index (κ3) is 1.71. The lowest BCUT2D eigenvalue weighted by molar-refractivity contribution is -0.109. The average Bonchev–Trinajstić information content (AvgIpc) is 2.63. The van der Waals surface area contributed by atoms with Gasteiger partial charge in [0.05, 0.1) is 18.0 Å². The molecule has 0 bridgehead atoms. The number of carbonyl (C=O) groups excluding carboxylic acids is 1. The number of amides is 1. The predicted molar refractivity (Wildman–Crippen MR) is 60.2 cm³/mol. The van der Waals surface area contributed by atoms with Crippen LogP contribution in [-0.4, -0.2) is 23.3 Å². The summed E-state index contributed by atoms with van der Waals surface area (Å²) in [5.41, 5.74) is 2.03. The largest absolute Gasteiger partial charge is 0.479 e. The van der Waals surface area contributed by atoms with E-state index in [-0.39, 0.29) is 0 Å². The van der Waals surface area contributed by atoms with Gasteiger partial charge in [0.1, 0.15) is 0 Å². The highest BCUT2D eigenvalue weighted by molar-refractivity contribution is 5.85. The van der Waals surface area contributed by atoms with Crippen LogP contribution in [0.25, 0.3) is 10.9 Å². The molecule has 0 saturated heterocycles. The average molecular weight is 219 g/mol. The van der Waals surface area contributed by atoms with Crippen molar-refractivity contribution in [3.63, 3.8) is 0 Å². The summed E-state index contributed by atoms with van der Waals surface area (Å²) in [6.45, 7) is 0.511. The number of aryl methyl sites for hydroxylation is 1. The third-order valence-electron chi connectivity index (χ3n) is 2.46. The molecule has 84 valence electrons. The number of fused-ring (bicyclic) bond motifs is 1. The maximum Gasteiger partial charge on any atom is 0.240 e. The Morgan fingerprint density at radius 2 is 2.38 bits per heavy atom. The molecule has 0 radical (unpaired) electrons. The number of benzene rings is 1. The molecule has 0 aliphatic heterocycles. The van der Waals surface area contributed by atoms with E-state index in [4.69, 9.17) is 4.74 Å². The summed E-state index contributed by atoms with van der Waals surface area (Å²) in [5.74, 6) is 0.602. The van der Waals surface area contributed by atoms with Gasteiger partial charge in [-0.3, -0.25) is 9.48 Å². The Balaban J connectivity index is 2.46. The first-order valence-electron chi connectivity index (χ1n) is 4.93. The van der Waals surface area contributed by atoms with E-state index in [9.17, 15) is 4.79 Å². The first-order valence-corrected chi connectivity index (χ1v) is 4.93. The van der Waals surface area contributed by atoms with Crippen molar-refractivity contribution in [2.45, 2.75) is 6.54 Å². The van der Waals surface area contributed by atoms with Crippen LogP contribution in [0.15, 0.2) is 18.2 Å². The fourth-order valence-electron chi connectivity index (χ4n) is 1.70. The van der Waals surface area contributed by atoms with Crippen LogP contribution in [-0.2, 0) is 18.4 Å². The van der Waals surface area contributed by atoms with E-state index in [2.05, 4.69) is 10.4 Å². The van der Waals surface area contributed by atoms with Gasteiger partial charge in [-0.05, 0) is 17.7 Å². The first kappa shape index (κ1) is 10.5. The minimum absolute atomic E-state index is 0.511. The smallest absolute Gasteiger partial charge is 0.240 e. The van der Waals surface area contributed by atoms with Crippen molar-refractivity contribution >= 4 is 17.3 Å². The molecule has 1 amide bonds. The van der Waals surface area contributed by atoms with Crippen LogP contribution in [0.1, 0.15) is 5.56 Å². The number of aromatic nitrogens is 2. The Hall–Kier alpha value is -2.04. The normalized spacial score (nSPS) is 10.4. The highest BCUT2D eigenvalue weighted by Gasteiger charge is 2.08. The molecule has 2 aromatic rings. The lowest BCUT2D eigenvalue weighted by atomic mass is 10.1. The van der Waals surface area contributed by atoms with E-state index >= 15 is 0 Å². The quantitative estimate of drug-likeness (QED) is 0.775. The standard InChI is InChI=1S/C11H13N3O2/c1-14-10-4-3-8(6-12-7-15)5-9(10)11(13-14)16-2/h3-5,7H,6H2,1-2H3,(H,12,15). The summed E-state index contributed by atoms with van der Waals surface area (Å²) in [7, 11) is 3.46. The van der Waals surface area contributed by atoms with Gasteiger partial charge in [-0.1, -0.05) is 6.07 Å². The number of carbonyl (C=O) groups is 1. The van der Waals surface area contributed by atoms with E-state index in [1.54, 1.807) is 11.8 Å². The number of rotatable bonds is 4. The van der Waals surface area contributed by atoms with E-state index < -0.39 is 0 Å². The molecule has 16 heavy (non-hydrogen) atoms. The zero-order valence-electron chi connectivity index (χ0n) is 9.23. The molecular weight excluding hydrogens is 206 g/mol. The van der Waals surface area contributed by atoms with Crippen LogP contribution in [0.3, 0.4) is 0 Å². The Kier molecular flexibility index (Phi) is 2.76. The molecular formula is C11H13N3O2. The number of hydrogen-bond donors (Lipinski definition) is 1. The van der Waals surface area contributed by atoms with Gasteiger partial charge >= 0.3 is 0 Å². The highest BCUT2D eigenvalue weighted by Crippen LogP contribution is 2.24. The predicted octanol–water partition coefficient (Wildman–Crippen LogP) is 0.828. The summed E-state index contributed by atoms with van der Waals surface area (Å²) in [6.07, 6.45) is 0.685. The number of methoxy groups -OCH3 is 1. The van der Waals surface area contributed by atoms with Gasteiger partial charge in [-0.2, -0.15) is 0 Å². The molecule has 1 aromatic carbocycles. The van der Waals surface area contributed by atoms with E-state index in [0.29, 0.717) is 18.8 Å². The topological polar surface area (TPSA) is 56.1 Å². The molecule has 2 rings (SSSR count). The van der Waals surface area contributed by atoms with Crippen LogP contribution < -0.4 is 10.1 Å². The zero-order valence-corrected chi connectivity index (χ0v) is 9.23. The second-order valence-electron chi connectivity index (χ2n) is 3.48. The number of hydrogen-bond acceptors (Lipinski definition) is 3. The van der Waals surface area contributed by atoms with Crippen molar-refractivity contribution in [2.24, 2.45) is 7.05 Å². The molecule has 0 unspecified atom stereocenters. The van der Waals surface area contributed by atoms with E-state index in [1.807, 2.05) is 25.2 Å². The molecule has 1 aromatic heterocycles. The Morgan fingerprint density at radius 3 is 3.06 bits per heavy atom. The van der Waals surface area contributed by atoms with Gasteiger partial charge < -0.3 is 10.1 Å². The Morgan fingerprint density at radius 1 is 1.56 bits per heavy atom. The molecule has 1 N–H and O–H groups in total. The van der Waals surface area contributed by atoms with Crippen LogP contribution in [0.5, 0.6) is 5.88 Å². The summed E-state index contributed by atoms with van der Waals surface area (Å²) in [6, 6.07) is 5.89. The first-order chi connectivity index (χ1) is 7.76. The van der Waals surface area contributed by atoms with Crippen LogP contribution in [0, 0.1) is 0 Å². The monoisotopic (exact) mass is 219 g/mol. The minimum Gasteiger partial charge on any atom is -0.479 e. The maximum absolute atomic E-state index is 10.2. The van der Waals surface area contributed by atoms with Gasteiger partial charge in [0, 0.05) is 13.6 Å². The third-order valence-corrected chi connectivity index (χ3v) is 2.46. The summed E-state index contributed by atoms with van der Waals surface area (Å²) < 4.78 is 6.95. The van der Waals surface area contributed by atoms with Crippen molar-refractivity contribution in [3.8, 4) is 5.88 Å². The van der Waals surface area contributed by atoms with Crippen LogP contribution >= 0.6 is 0 Å². The van der Waals surface area contributed by atoms with Crippen molar-refractivity contribution in [3.05, 3.63) is 23.8 Å². The van der Waals surface area contributed by atoms with Crippen molar-refractivity contribution in [2.75, 3.05) is 7.11 Å². The van der Waals surface area contributed by atoms with Gasteiger partial charge in [-0.25, -0.2) is 0 Å². The number of nitrogens with one attached hydrogen (secondary N) is 1. The lowest BCUT2D eigenvalue weighted by Crippen LogP contribution is -2.09. The zero-order chi connectivity index (χ0) is 11.5. The molecule has 0 atom stereocenters. The lowest BCUT2D eigenvalue weighted by Gasteiger charge is -2.01. The summed E-state index contributed by atoms with van der Waals surface area (Å²) in [5, 5.41) is 7.81. The maximum atomic E-state index is 10.2. The summed E-state index contributed by atoms with van der Waals surface area (Å²) >= 11 is 0. The minimum atomic E-state index is 0.511. The van der Waals surface area contributed by atoms with Crippen molar-refractivity contribution in [1.29, 1.82) is 0 Å². The SMILES string of the molecule is COc1nn(C)c2ccc(CNC=O)cc12. The van der Waals surface area contributed by atoms with E-state index in [0.717, 1.165) is 16.5 Å². The molecule has 0 aliphatic carbocycles. The van der Waals surface area contributed by atoms with Crippen LogP contribution in [0.2, 0.25) is 0 Å². The number of ether oxygens (including phenoxy) is 1. The Bertz CT molecular complexity index is 519. The molecule has 5 nitrogen and oxygen atoms in total. The fourth-order valence-corrected chi connectivity index (χ4v) is 1.70. The van der Waals surface area contributed by atoms with Gasteiger partial charge in [0.15, 0.2) is 0 Å².